The second kappa shape index (κ2) is 9.21. The Labute approximate surface area is 164 Å². The lowest BCUT2D eigenvalue weighted by Crippen LogP contribution is -2.29. The van der Waals surface area contributed by atoms with Crippen molar-refractivity contribution in [2.45, 2.75) is 25.4 Å². The molecule has 7 nitrogen and oxygen atoms in total. The van der Waals surface area contributed by atoms with E-state index in [9.17, 15) is 4.79 Å². The van der Waals surface area contributed by atoms with Crippen molar-refractivity contribution in [2.24, 2.45) is 0 Å². The van der Waals surface area contributed by atoms with Crippen LogP contribution in [0.5, 0.6) is 5.75 Å². The number of hydrogen-bond acceptors (Lipinski definition) is 5. The molecule has 142 valence electrons. The van der Waals surface area contributed by atoms with Gasteiger partial charge in [0.1, 0.15) is 5.75 Å². The molecule has 0 aliphatic carbocycles. The molecule has 3 rings (SSSR count). The maximum atomic E-state index is 12.7. The third kappa shape index (κ3) is 4.66. The van der Waals surface area contributed by atoms with Gasteiger partial charge in [-0.15, -0.1) is 17.5 Å². The van der Waals surface area contributed by atoms with Gasteiger partial charge in [-0.25, -0.2) is 4.68 Å². The molecule has 0 radical (unpaired) electrons. The van der Waals surface area contributed by atoms with Crippen molar-refractivity contribution in [1.29, 1.82) is 0 Å². The first kappa shape index (κ1) is 20.5. The Kier molecular flexibility index (Phi) is 7.25. The normalized spacial score (nSPS) is 14.6. The first-order valence-corrected chi connectivity index (χ1v) is 8.66. The fraction of sp³-hybridized carbons (Fsp3) is 0.471. The molecule has 0 saturated carbocycles. The van der Waals surface area contributed by atoms with E-state index in [0.717, 1.165) is 31.5 Å². The first-order chi connectivity index (χ1) is 12.1. The van der Waals surface area contributed by atoms with Crippen LogP contribution in [-0.4, -0.2) is 53.0 Å². The minimum Gasteiger partial charge on any atom is -0.496 e. The molecule has 1 aliphatic rings. The van der Waals surface area contributed by atoms with Crippen molar-refractivity contribution in [3.63, 3.8) is 0 Å². The van der Waals surface area contributed by atoms with Crippen LogP contribution in [-0.2, 0) is 6.54 Å². The second-order valence-electron chi connectivity index (χ2n) is 6.18. The Morgan fingerprint density at radius 1 is 1.42 bits per heavy atom. The molecule has 1 aromatic heterocycles. The SMILES string of the molecule is COc1ccc(Cl)cc1CN(C)C(=O)c1cn(C2CCNCC2)nn1.Cl. The quantitative estimate of drug-likeness (QED) is 0.835. The van der Waals surface area contributed by atoms with E-state index in [4.69, 9.17) is 16.3 Å². The minimum atomic E-state index is -0.179. The van der Waals surface area contributed by atoms with Gasteiger partial charge in [-0.1, -0.05) is 16.8 Å². The van der Waals surface area contributed by atoms with Crippen molar-refractivity contribution >= 4 is 29.9 Å². The van der Waals surface area contributed by atoms with Crippen LogP contribution in [0.25, 0.3) is 0 Å². The number of piperidine rings is 1. The van der Waals surface area contributed by atoms with Gasteiger partial charge >= 0.3 is 0 Å². The molecule has 1 amide bonds. The Morgan fingerprint density at radius 3 is 2.85 bits per heavy atom. The average Bonchev–Trinajstić information content (AvgIpc) is 3.12. The third-order valence-corrected chi connectivity index (χ3v) is 4.64. The summed E-state index contributed by atoms with van der Waals surface area (Å²) in [6.45, 7) is 2.30. The first-order valence-electron chi connectivity index (χ1n) is 8.29. The summed E-state index contributed by atoms with van der Waals surface area (Å²) in [5.41, 5.74) is 1.19. The van der Waals surface area contributed by atoms with Crippen LogP contribution in [0.2, 0.25) is 5.02 Å². The number of ether oxygens (including phenoxy) is 1. The summed E-state index contributed by atoms with van der Waals surface area (Å²) < 4.78 is 7.14. The van der Waals surface area contributed by atoms with E-state index >= 15 is 0 Å². The summed E-state index contributed by atoms with van der Waals surface area (Å²) in [5.74, 6) is 0.518. The zero-order valence-corrected chi connectivity index (χ0v) is 16.4. The molecule has 0 atom stereocenters. The number of carbonyl (C=O) groups excluding carboxylic acids is 1. The van der Waals surface area contributed by atoms with Crippen LogP contribution in [0.3, 0.4) is 0 Å². The van der Waals surface area contributed by atoms with Crippen LogP contribution < -0.4 is 10.1 Å². The number of amides is 1. The van der Waals surface area contributed by atoms with Crippen LogP contribution in [0.1, 0.15) is 34.9 Å². The fourth-order valence-electron chi connectivity index (χ4n) is 3.02. The number of halogens is 2. The highest BCUT2D eigenvalue weighted by molar-refractivity contribution is 6.30. The number of nitrogens with zero attached hydrogens (tertiary/aromatic N) is 4. The predicted octanol–water partition coefficient (Wildman–Crippen LogP) is 2.56. The van der Waals surface area contributed by atoms with Gasteiger partial charge in [-0.05, 0) is 44.1 Å². The van der Waals surface area contributed by atoms with Crippen molar-refractivity contribution in [1.82, 2.24) is 25.2 Å². The van der Waals surface area contributed by atoms with Crippen LogP contribution in [0.15, 0.2) is 24.4 Å². The summed E-state index contributed by atoms with van der Waals surface area (Å²) in [6.07, 6.45) is 3.73. The number of benzene rings is 1. The monoisotopic (exact) mass is 399 g/mol. The van der Waals surface area contributed by atoms with Gasteiger partial charge in [0.2, 0.25) is 0 Å². The van der Waals surface area contributed by atoms with Crippen LogP contribution in [0, 0.1) is 0 Å². The Bertz CT molecular complexity index is 747. The molecule has 26 heavy (non-hydrogen) atoms. The zero-order valence-electron chi connectivity index (χ0n) is 14.8. The van der Waals surface area contributed by atoms with E-state index in [1.165, 1.54) is 0 Å². The maximum absolute atomic E-state index is 12.7. The predicted molar refractivity (Wildman–Crippen MR) is 102 cm³/mol. The lowest BCUT2D eigenvalue weighted by molar-refractivity contribution is 0.0778. The summed E-state index contributed by atoms with van der Waals surface area (Å²) in [7, 11) is 3.32. The lowest BCUT2D eigenvalue weighted by atomic mass is 10.1. The molecular formula is C17H23Cl2N5O2. The van der Waals surface area contributed by atoms with E-state index < -0.39 is 0 Å². The molecule has 1 N–H and O–H groups in total. The summed E-state index contributed by atoms with van der Waals surface area (Å²) in [5, 5.41) is 12.1. The molecule has 1 saturated heterocycles. The summed E-state index contributed by atoms with van der Waals surface area (Å²) in [6, 6.07) is 5.66. The lowest BCUT2D eigenvalue weighted by Gasteiger charge is -2.22. The Morgan fingerprint density at radius 2 is 2.15 bits per heavy atom. The van der Waals surface area contributed by atoms with Crippen molar-refractivity contribution in [3.8, 4) is 5.75 Å². The molecule has 0 unspecified atom stereocenters. The molecule has 0 bridgehead atoms. The van der Waals surface area contributed by atoms with E-state index in [2.05, 4.69) is 15.6 Å². The molecule has 1 fully saturated rings. The molecule has 2 aromatic rings. The molecule has 1 aliphatic heterocycles. The van der Waals surface area contributed by atoms with E-state index in [0.29, 0.717) is 29.1 Å². The largest absolute Gasteiger partial charge is 0.496 e. The Hall–Kier alpha value is -1.83. The van der Waals surface area contributed by atoms with Gasteiger partial charge in [0.15, 0.2) is 5.69 Å². The van der Waals surface area contributed by atoms with Gasteiger partial charge in [0, 0.05) is 24.2 Å². The van der Waals surface area contributed by atoms with Crippen molar-refractivity contribution in [3.05, 3.63) is 40.7 Å². The molecule has 1 aromatic carbocycles. The highest BCUT2D eigenvalue weighted by atomic mass is 35.5. The zero-order chi connectivity index (χ0) is 17.8. The minimum absolute atomic E-state index is 0. The molecule has 0 spiro atoms. The number of carbonyl (C=O) groups is 1. The van der Waals surface area contributed by atoms with Gasteiger partial charge in [-0.3, -0.25) is 4.79 Å². The summed E-state index contributed by atoms with van der Waals surface area (Å²) >= 11 is 6.05. The Balaban J connectivity index is 0.00000243. The highest BCUT2D eigenvalue weighted by Crippen LogP contribution is 2.24. The molecule has 2 heterocycles. The molecular weight excluding hydrogens is 377 g/mol. The van der Waals surface area contributed by atoms with Gasteiger partial charge in [0.25, 0.3) is 5.91 Å². The van der Waals surface area contributed by atoms with Crippen molar-refractivity contribution < 1.29 is 9.53 Å². The second-order valence-corrected chi connectivity index (χ2v) is 6.62. The standard InChI is InChI=1S/C17H22ClN5O2.ClH/c1-22(10-12-9-13(18)3-4-16(12)25-2)17(24)15-11-23(21-20-15)14-5-7-19-8-6-14;/h3-4,9,11,14,19H,5-8,10H2,1-2H3;1H. The number of methoxy groups -OCH3 is 1. The number of rotatable bonds is 5. The van der Waals surface area contributed by atoms with Crippen LogP contribution in [0.4, 0.5) is 0 Å². The number of aromatic nitrogens is 3. The maximum Gasteiger partial charge on any atom is 0.276 e. The highest BCUT2D eigenvalue weighted by Gasteiger charge is 2.21. The van der Waals surface area contributed by atoms with Gasteiger partial charge < -0.3 is 15.0 Å². The van der Waals surface area contributed by atoms with Crippen LogP contribution >= 0.6 is 24.0 Å². The molecule has 9 heteroatoms. The van der Waals surface area contributed by atoms with E-state index in [-0.39, 0.29) is 18.3 Å². The number of hydrogen-bond donors (Lipinski definition) is 1. The van der Waals surface area contributed by atoms with Gasteiger partial charge in [0.05, 0.1) is 19.3 Å². The van der Waals surface area contributed by atoms with Gasteiger partial charge in [-0.2, -0.15) is 0 Å². The summed E-state index contributed by atoms with van der Waals surface area (Å²) in [4.78, 5) is 14.2. The topological polar surface area (TPSA) is 72.3 Å². The van der Waals surface area contributed by atoms with Crippen molar-refractivity contribution in [2.75, 3.05) is 27.2 Å². The smallest absolute Gasteiger partial charge is 0.276 e. The van der Waals surface area contributed by atoms with E-state index in [1.807, 2.05) is 4.68 Å². The average molecular weight is 400 g/mol. The third-order valence-electron chi connectivity index (χ3n) is 4.41. The van der Waals surface area contributed by atoms with E-state index in [1.54, 1.807) is 43.5 Å². The fourth-order valence-corrected chi connectivity index (χ4v) is 3.21. The number of nitrogens with one attached hydrogen (secondary N) is 1.